The minimum absolute atomic E-state index is 0.0372. The predicted octanol–water partition coefficient (Wildman–Crippen LogP) is 1.91. The molecule has 0 saturated carbocycles. The Bertz CT molecular complexity index is 1450. The van der Waals surface area contributed by atoms with E-state index in [-0.39, 0.29) is 48.9 Å². The zero-order valence-corrected chi connectivity index (χ0v) is 24.0. The summed E-state index contributed by atoms with van der Waals surface area (Å²) in [6, 6.07) is 13.0. The molecule has 2 aliphatic rings. The highest BCUT2D eigenvalue weighted by Crippen LogP contribution is 2.33. The smallest absolute Gasteiger partial charge is 0.303 e. The number of nitrogens with zero attached hydrogens (tertiary/aromatic N) is 4. The van der Waals surface area contributed by atoms with E-state index in [4.69, 9.17) is 9.15 Å². The van der Waals surface area contributed by atoms with Crippen LogP contribution in [-0.4, -0.2) is 93.8 Å². The minimum Gasteiger partial charge on any atom is -0.481 e. The molecule has 0 spiro atoms. The molecule has 4 heterocycles. The molecule has 3 amide bonds. The number of aromatic nitrogens is 2. The largest absolute Gasteiger partial charge is 0.481 e. The molecule has 1 aromatic carbocycles. The molecular formula is C30H36N6O7. The number of carbonyl (C=O) groups is 4. The molecule has 1 unspecified atom stereocenters. The maximum absolute atomic E-state index is 13.4. The van der Waals surface area contributed by atoms with Gasteiger partial charge in [-0.15, -0.1) is 0 Å². The first kappa shape index (κ1) is 29.8. The van der Waals surface area contributed by atoms with Crippen molar-refractivity contribution in [3.63, 3.8) is 0 Å². The van der Waals surface area contributed by atoms with Crippen molar-refractivity contribution in [3.05, 3.63) is 65.7 Å². The average molecular weight is 593 g/mol. The van der Waals surface area contributed by atoms with Crippen LogP contribution in [0.4, 0.5) is 0 Å². The zero-order valence-electron chi connectivity index (χ0n) is 24.0. The van der Waals surface area contributed by atoms with Gasteiger partial charge in [0.05, 0.1) is 11.7 Å². The highest BCUT2D eigenvalue weighted by Gasteiger charge is 2.33. The number of carboxylic acids is 1. The van der Waals surface area contributed by atoms with Crippen LogP contribution in [0.15, 0.2) is 52.9 Å². The lowest BCUT2D eigenvalue weighted by molar-refractivity contribution is -0.138. The van der Waals surface area contributed by atoms with Crippen molar-refractivity contribution < 1.29 is 33.4 Å². The van der Waals surface area contributed by atoms with Crippen LogP contribution in [-0.2, 0) is 14.4 Å². The highest BCUT2D eigenvalue weighted by atomic mass is 16.5. The number of hydrogen-bond acceptors (Lipinski definition) is 8. The maximum atomic E-state index is 13.4. The summed E-state index contributed by atoms with van der Waals surface area (Å²) in [5.74, 6) is -0.593. The Kier molecular flexibility index (Phi) is 9.40. The SMILES string of the molecule is Cc1ccc(C2CCCN2C(=O)COc2cc(C(=O)N[C@@H](CCC(=O)O)C(=O)N3CCNCC3)nn2-c2ccccc2)o1. The van der Waals surface area contributed by atoms with E-state index >= 15 is 0 Å². The van der Waals surface area contributed by atoms with Crippen LogP contribution in [0.2, 0.25) is 0 Å². The molecule has 13 heteroatoms. The monoisotopic (exact) mass is 592 g/mol. The molecule has 2 atom stereocenters. The van der Waals surface area contributed by atoms with Gasteiger partial charge in [0.2, 0.25) is 11.8 Å². The molecule has 2 aliphatic heterocycles. The van der Waals surface area contributed by atoms with Gasteiger partial charge in [-0.2, -0.15) is 5.10 Å². The molecule has 3 aromatic rings. The quantitative estimate of drug-likeness (QED) is 0.302. The van der Waals surface area contributed by atoms with E-state index in [1.807, 2.05) is 25.1 Å². The van der Waals surface area contributed by atoms with Crippen molar-refractivity contribution in [1.82, 2.24) is 30.2 Å². The number of ether oxygens (including phenoxy) is 1. The second-order valence-electron chi connectivity index (χ2n) is 10.6. The topological polar surface area (TPSA) is 159 Å². The fourth-order valence-electron chi connectivity index (χ4n) is 5.41. The van der Waals surface area contributed by atoms with Crippen LogP contribution in [0.25, 0.3) is 5.69 Å². The van der Waals surface area contributed by atoms with Crippen LogP contribution in [0.5, 0.6) is 5.88 Å². The van der Waals surface area contributed by atoms with Gasteiger partial charge in [-0.05, 0) is 50.5 Å². The number of carbonyl (C=O) groups excluding carboxylic acids is 3. The van der Waals surface area contributed by atoms with Gasteiger partial charge in [0.25, 0.3) is 11.8 Å². The lowest BCUT2D eigenvalue weighted by Gasteiger charge is -2.31. The number of likely N-dealkylation sites (tertiary alicyclic amines) is 1. The maximum Gasteiger partial charge on any atom is 0.303 e. The third-order valence-corrected chi connectivity index (χ3v) is 7.60. The summed E-state index contributed by atoms with van der Waals surface area (Å²) < 4.78 is 13.2. The van der Waals surface area contributed by atoms with E-state index in [9.17, 15) is 24.3 Å². The summed E-state index contributed by atoms with van der Waals surface area (Å²) in [6.07, 6.45) is 1.29. The van der Waals surface area contributed by atoms with Crippen molar-refractivity contribution in [2.45, 2.75) is 44.7 Å². The van der Waals surface area contributed by atoms with Crippen LogP contribution in [0, 0.1) is 6.92 Å². The first-order valence-corrected chi connectivity index (χ1v) is 14.5. The van der Waals surface area contributed by atoms with Crippen LogP contribution in [0.1, 0.15) is 53.7 Å². The number of para-hydroxylation sites is 1. The minimum atomic E-state index is -1.07. The normalized spacial score (nSPS) is 17.5. The van der Waals surface area contributed by atoms with E-state index in [0.717, 1.165) is 24.4 Å². The van der Waals surface area contributed by atoms with Crippen molar-refractivity contribution in [2.75, 3.05) is 39.3 Å². The molecule has 3 N–H and O–H groups in total. The molecule has 5 rings (SSSR count). The number of piperazine rings is 1. The molecular weight excluding hydrogens is 556 g/mol. The number of rotatable bonds is 11. The Hall–Kier alpha value is -4.65. The second kappa shape index (κ2) is 13.6. The Morgan fingerprint density at radius 1 is 1.12 bits per heavy atom. The number of benzene rings is 1. The number of nitrogens with one attached hydrogen (secondary N) is 2. The van der Waals surface area contributed by atoms with E-state index < -0.39 is 17.9 Å². The van der Waals surface area contributed by atoms with Crippen molar-refractivity contribution >= 4 is 23.7 Å². The van der Waals surface area contributed by atoms with Crippen LogP contribution < -0.4 is 15.4 Å². The molecule has 228 valence electrons. The number of carboxylic acid groups (broad SMARTS) is 1. The fraction of sp³-hybridized carbons (Fsp3) is 0.433. The van der Waals surface area contributed by atoms with Gasteiger partial charge in [0.1, 0.15) is 17.6 Å². The molecule has 2 aromatic heterocycles. The van der Waals surface area contributed by atoms with Crippen LogP contribution >= 0.6 is 0 Å². The number of furan rings is 1. The Morgan fingerprint density at radius 3 is 2.58 bits per heavy atom. The van der Waals surface area contributed by atoms with E-state index in [1.54, 1.807) is 34.1 Å². The lowest BCUT2D eigenvalue weighted by Crippen LogP contribution is -2.54. The van der Waals surface area contributed by atoms with Gasteiger partial charge in [0.15, 0.2) is 12.3 Å². The Morgan fingerprint density at radius 2 is 1.88 bits per heavy atom. The number of hydrogen-bond donors (Lipinski definition) is 3. The first-order chi connectivity index (χ1) is 20.8. The fourth-order valence-corrected chi connectivity index (χ4v) is 5.41. The third-order valence-electron chi connectivity index (χ3n) is 7.60. The summed E-state index contributed by atoms with van der Waals surface area (Å²) in [6.45, 7) is 4.32. The number of aliphatic carboxylic acids is 1. The summed E-state index contributed by atoms with van der Waals surface area (Å²) in [4.78, 5) is 54.4. The molecule has 2 fully saturated rings. The molecule has 2 saturated heterocycles. The molecule has 0 bridgehead atoms. The van der Waals surface area contributed by atoms with Gasteiger partial charge in [0, 0.05) is 45.2 Å². The molecule has 43 heavy (non-hydrogen) atoms. The molecule has 0 radical (unpaired) electrons. The molecule has 0 aliphatic carbocycles. The third kappa shape index (κ3) is 7.23. The van der Waals surface area contributed by atoms with Gasteiger partial charge in [-0.1, -0.05) is 18.2 Å². The van der Waals surface area contributed by atoms with Crippen LogP contribution in [0.3, 0.4) is 0 Å². The molecule has 13 nitrogen and oxygen atoms in total. The van der Waals surface area contributed by atoms with Gasteiger partial charge < -0.3 is 34.7 Å². The van der Waals surface area contributed by atoms with Gasteiger partial charge in [-0.25, -0.2) is 4.68 Å². The van der Waals surface area contributed by atoms with E-state index in [0.29, 0.717) is 38.4 Å². The predicted molar refractivity (Wildman–Crippen MR) is 154 cm³/mol. The summed E-state index contributed by atoms with van der Waals surface area (Å²) >= 11 is 0. The van der Waals surface area contributed by atoms with E-state index in [2.05, 4.69) is 15.7 Å². The Balaban J connectivity index is 1.33. The Labute approximate surface area is 248 Å². The van der Waals surface area contributed by atoms with Gasteiger partial charge >= 0.3 is 5.97 Å². The first-order valence-electron chi connectivity index (χ1n) is 14.5. The summed E-state index contributed by atoms with van der Waals surface area (Å²) in [5, 5.41) is 19.5. The van der Waals surface area contributed by atoms with Crippen molar-refractivity contribution in [1.29, 1.82) is 0 Å². The average Bonchev–Trinajstić information content (AvgIpc) is 3.78. The summed E-state index contributed by atoms with van der Waals surface area (Å²) in [5.41, 5.74) is 0.568. The van der Waals surface area contributed by atoms with Gasteiger partial charge in [-0.3, -0.25) is 19.2 Å². The van der Waals surface area contributed by atoms with Crippen molar-refractivity contribution in [3.8, 4) is 11.6 Å². The second-order valence-corrected chi connectivity index (χ2v) is 10.6. The zero-order chi connectivity index (χ0) is 30.3. The van der Waals surface area contributed by atoms with E-state index in [1.165, 1.54) is 10.7 Å². The standard InChI is InChI=1S/C30H36N6O7/c1-20-9-11-25(43-20)24-8-5-15-35(24)26(37)19-42-27-18-23(33-36(27)21-6-3-2-4-7-21)29(40)32-22(10-12-28(38)39)30(41)34-16-13-31-14-17-34/h2-4,6-7,9,11,18,22,24,31H,5,8,10,12-17,19H2,1H3,(H,32,40)(H,38,39)/t22-,24?/m0/s1. The number of amides is 3. The number of aryl methyl sites for hydroxylation is 1. The summed E-state index contributed by atoms with van der Waals surface area (Å²) in [7, 11) is 0. The highest BCUT2D eigenvalue weighted by molar-refractivity contribution is 5.96. The van der Waals surface area contributed by atoms with Crippen molar-refractivity contribution in [2.24, 2.45) is 0 Å². The lowest BCUT2D eigenvalue weighted by atomic mass is 10.1.